The van der Waals surface area contributed by atoms with Crippen LogP contribution in [0.15, 0.2) is 87.3 Å². The lowest BCUT2D eigenvalue weighted by atomic mass is 10.1. The third-order valence-corrected chi connectivity index (χ3v) is 6.86. The number of halogens is 1. The standard InChI is InChI=1S/C23H22BrN3O4S/c1-17-7-9-18(10-8-17)15-27(32(30,31)21-5-3-2-4-6-21)16-23(29)26-25-14-19-13-20(24)11-12-22(19)28/h2-14,28H,15-16H2,1H3,(H,26,29)/b25-14-. The first-order valence-electron chi connectivity index (χ1n) is 9.67. The van der Waals surface area contributed by atoms with E-state index in [2.05, 4.69) is 26.5 Å². The van der Waals surface area contributed by atoms with Crippen LogP contribution in [0.4, 0.5) is 0 Å². The molecule has 0 aliphatic rings. The number of sulfonamides is 1. The number of hydrazone groups is 1. The van der Waals surface area contributed by atoms with Crippen LogP contribution in [-0.4, -0.2) is 36.5 Å². The second-order valence-corrected chi connectivity index (χ2v) is 9.92. The highest BCUT2D eigenvalue weighted by atomic mass is 79.9. The van der Waals surface area contributed by atoms with Gasteiger partial charge >= 0.3 is 0 Å². The molecular formula is C23H22BrN3O4S. The summed E-state index contributed by atoms with van der Waals surface area (Å²) in [5.74, 6) is -0.610. The lowest BCUT2D eigenvalue weighted by Gasteiger charge is -2.21. The molecule has 0 saturated carbocycles. The number of phenolic OH excluding ortho intramolecular Hbond substituents is 1. The third-order valence-electron chi connectivity index (χ3n) is 4.56. The molecule has 0 aliphatic heterocycles. The molecule has 0 radical (unpaired) electrons. The normalized spacial score (nSPS) is 11.7. The fraction of sp³-hybridized carbons (Fsp3) is 0.130. The largest absolute Gasteiger partial charge is 0.507 e. The van der Waals surface area contributed by atoms with Gasteiger partial charge in [-0.3, -0.25) is 4.79 Å². The second kappa shape index (κ2) is 10.5. The molecule has 3 aromatic rings. The van der Waals surface area contributed by atoms with Crippen LogP contribution in [0.3, 0.4) is 0 Å². The summed E-state index contributed by atoms with van der Waals surface area (Å²) in [6.07, 6.45) is 1.29. The van der Waals surface area contributed by atoms with Crippen LogP contribution in [0.25, 0.3) is 0 Å². The lowest BCUT2D eigenvalue weighted by Crippen LogP contribution is -2.39. The maximum atomic E-state index is 13.2. The number of rotatable bonds is 8. The number of aromatic hydroxyl groups is 1. The predicted molar refractivity (Wildman–Crippen MR) is 127 cm³/mol. The first kappa shape index (κ1) is 23.6. The Balaban J connectivity index is 1.78. The first-order valence-corrected chi connectivity index (χ1v) is 11.9. The summed E-state index contributed by atoms with van der Waals surface area (Å²) in [4.78, 5) is 12.6. The number of carbonyl (C=O) groups is 1. The van der Waals surface area contributed by atoms with Gasteiger partial charge in [0.25, 0.3) is 5.91 Å². The van der Waals surface area contributed by atoms with E-state index >= 15 is 0 Å². The van der Waals surface area contributed by atoms with E-state index < -0.39 is 22.5 Å². The van der Waals surface area contributed by atoms with Crippen molar-refractivity contribution in [3.8, 4) is 5.75 Å². The van der Waals surface area contributed by atoms with Crippen molar-refractivity contribution in [2.45, 2.75) is 18.4 Å². The number of aryl methyl sites for hydroxylation is 1. The summed E-state index contributed by atoms with van der Waals surface area (Å²) >= 11 is 3.30. The van der Waals surface area contributed by atoms with Crippen molar-refractivity contribution in [1.82, 2.24) is 9.73 Å². The van der Waals surface area contributed by atoms with E-state index in [-0.39, 0.29) is 17.2 Å². The zero-order valence-electron chi connectivity index (χ0n) is 17.3. The molecule has 3 rings (SSSR count). The summed E-state index contributed by atoms with van der Waals surface area (Å²) in [7, 11) is -3.92. The van der Waals surface area contributed by atoms with Crippen molar-refractivity contribution < 1.29 is 18.3 Å². The highest BCUT2D eigenvalue weighted by molar-refractivity contribution is 9.10. The summed E-state index contributed by atoms with van der Waals surface area (Å²) in [5, 5.41) is 13.7. The van der Waals surface area contributed by atoms with Crippen LogP contribution in [0.5, 0.6) is 5.75 Å². The monoisotopic (exact) mass is 515 g/mol. The Kier molecular flexibility index (Phi) is 7.79. The number of nitrogens with one attached hydrogen (secondary N) is 1. The van der Waals surface area contributed by atoms with Gasteiger partial charge in [0.15, 0.2) is 0 Å². The van der Waals surface area contributed by atoms with Gasteiger partial charge in [0.1, 0.15) is 5.75 Å². The van der Waals surface area contributed by atoms with Crippen molar-refractivity contribution in [3.05, 3.63) is 94.0 Å². The Morgan fingerprint density at radius 1 is 1.09 bits per heavy atom. The van der Waals surface area contributed by atoms with Crippen LogP contribution < -0.4 is 5.43 Å². The van der Waals surface area contributed by atoms with Crippen molar-refractivity contribution >= 4 is 38.1 Å². The molecule has 0 aliphatic carbocycles. The van der Waals surface area contributed by atoms with E-state index in [0.29, 0.717) is 5.56 Å². The predicted octanol–water partition coefficient (Wildman–Crippen LogP) is 3.80. The van der Waals surface area contributed by atoms with Crippen LogP contribution in [0.2, 0.25) is 0 Å². The van der Waals surface area contributed by atoms with E-state index in [9.17, 15) is 18.3 Å². The minimum atomic E-state index is -3.92. The number of phenols is 1. The Morgan fingerprint density at radius 2 is 1.78 bits per heavy atom. The van der Waals surface area contributed by atoms with Crippen LogP contribution in [-0.2, 0) is 21.4 Å². The van der Waals surface area contributed by atoms with E-state index in [1.807, 2.05) is 31.2 Å². The van der Waals surface area contributed by atoms with E-state index in [4.69, 9.17) is 0 Å². The van der Waals surface area contributed by atoms with Gasteiger partial charge in [-0.2, -0.15) is 9.41 Å². The molecule has 2 N–H and O–H groups in total. The molecule has 0 aromatic heterocycles. The second-order valence-electron chi connectivity index (χ2n) is 7.07. The fourth-order valence-corrected chi connectivity index (χ4v) is 4.65. The summed E-state index contributed by atoms with van der Waals surface area (Å²) in [5.41, 5.74) is 4.53. The molecule has 0 heterocycles. The fourth-order valence-electron chi connectivity index (χ4n) is 2.86. The topological polar surface area (TPSA) is 99.1 Å². The molecule has 0 bridgehead atoms. The van der Waals surface area contributed by atoms with Crippen molar-refractivity contribution in [3.63, 3.8) is 0 Å². The average Bonchev–Trinajstić information content (AvgIpc) is 2.77. The van der Waals surface area contributed by atoms with E-state index in [1.165, 1.54) is 24.4 Å². The van der Waals surface area contributed by atoms with E-state index in [1.54, 1.807) is 30.3 Å². The molecular weight excluding hydrogens is 494 g/mol. The van der Waals surface area contributed by atoms with Gasteiger partial charge in [0.05, 0.1) is 17.7 Å². The van der Waals surface area contributed by atoms with Gasteiger partial charge in [-0.25, -0.2) is 13.8 Å². The van der Waals surface area contributed by atoms with Crippen molar-refractivity contribution in [1.29, 1.82) is 0 Å². The molecule has 0 saturated heterocycles. The molecule has 0 unspecified atom stereocenters. The van der Waals surface area contributed by atoms with Gasteiger partial charge in [-0.05, 0) is 42.8 Å². The Hall–Kier alpha value is -3.01. The molecule has 7 nitrogen and oxygen atoms in total. The smallest absolute Gasteiger partial charge is 0.255 e. The molecule has 0 spiro atoms. The Bertz CT molecular complexity index is 1210. The maximum Gasteiger partial charge on any atom is 0.255 e. The molecule has 0 atom stereocenters. The lowest BCUT2D eigenvalue weighted by molar-refractivity contribution is -0.121. The average molecular weight is 516 g/mol. The van der Waals surface area contributed by atoms with Crippen LogP contribution in [0.1, 0.15) is 16.7 Å². The number of hydrogen-bond acceptors (Lipinski definition) is 5. The quantitative estimate of drug-likeness (QED) is 0.352. The number of hydrogen-bond donors (Lipinski definition) is 2. The molecule has 0 fully saturated rings. The number of benzene rings is 3. The molecule has 32 heavy (non-hydrogen) atoms. The summed E-state index contributed by atoms with van der Waals surface area (Å²) in [6.45, 7) is 1.55. The SMILES string of the molecule is Cc1ccc(CN(CC(=O)N/N=C\c2cc(Br)ccc2O)S(=O)(=O)c2ccccc2)cc1. The highest BCUT2D eigenvalue weighted by Crippen LogP contribution is 2.20. The van der Waals surface area contributed by atoms with Gasteiger partial charge in [0, 0.05) is 16.6 Å². The maximum absolute atomic E-state index is 13.2. The Morgan fingerprint density at radius 3 is 2.47 bits per heavy atom. The first-order chi connectivity index (χ1) is 15.3. The minimum Gasteiger partial charge on any atom is -0.507 e. The van der Waals surface area contributed by atoms with Crippen LogP contribution in [0, 0.1) is 6.92 Å². The molecule has 166 valence electrons. The van der Waals surface area contributed by atoms with Gasteiger partial charge in [-0.15, -0.1) is 0 Å². The van der Waals surface area contributed by atoms with Crippen molar-refractivity contribution in [2.24, 2.45) is 5.10 Å². The molecule has 3 aromatic carbocycles. The molecule has 9 heteroatoms. The Labute approximate surface area is 195 Å². The molecule has 1 amide bonds. The van der Waals surface area contributed by atoms with Crippen molar-refractivity contribution in [2.75, 3.05) is 6.54 Å². The van der Waals surface area contributed by atoms with Gasteiger partial charge in [-0.1, -0.05) is 64.0 Å². The number of amides is 1. The summed E-state index contributed by atoms with van der Waals surface area (Å²) < 4.78 is 28.2. The summed E-state index contributed by atoms with van der Waals surface area (Å²) in [6, 6.07) is 20.2. The van der Waals surface area contributed by atoms with Gasteiger partial charge < -0.3 is 5.11 Å². The zero-order chi connectivity index (χ0) is 23.1. The van der Waals surface area contributed by atoms with E-state index in [0.717, 1.165) is 19.9 Å². The third kappa shape index (κ3) is 6.25. The van der Waals surface area contributed by atoms with Crippen LogP contribution >= 0.6 is 15.9 Å². The highest BCUT2D eigenvalue weighted by Gasteiger charge is 2.26. The number of carbonyl (C=O) groups excluding carboxylic acids is 1. The van der Waals surface area contributed by atoms with Gasteiger partial charge in [0.2, 0.25) is 10.0 Å². The number of nitrogens with zero attached hydrogens (tertiary/aromatic N) is 2. The minimum absolute atomic E-state index is 0.00106. The zero-order valence-corrected chi connectivity index (χ0v) is 19.7.